The Kier molecular flexibility index (Phi) is 3.99. The van der Waals surface area contributed by atoms with Crippen LogP contribution in [0.25, 0.3) is 0 Å². The third-order valence-electron chi connectivity index (χ3n) is 3.43. The van der Waals surface area contributed by atoms with Crippen LogP contribution in [0.15, 0.2) is 27.6 Å². The maximum atomic E-state index is 12.3. The summed E-state index contributed by atoms with van der Waals surface area (Å²) in [5, 5.41) is 0. The Balaban J connectivity index is 2.25. The first-order chi connectivity index (χ1) is 8.40. The van der Waals surface area contributed by atoms with E-state index in [1.54, 1.807) is 12.1 Å². The molecule has 1 aromatic rings. The molecule has 18 heavy (non-hydrogen) atoms. The first-order valence-corrected chi connectivity index (χ1v) is 8.25. The normalized spacial score (nSPS) is 24.3. The van der Waals surface area contributed by atoms with Crippen LogP contribution in [0.5, 0.6) is 0 Å². The average molecular weight is 333 g/mol. The molecule has 0 aromatic heterocycles. The van der Waals surface area contributed by atoms with Crippen molar-refractivity contribution in [3.05, 3.63) is 22.7 Å². The number of anilines is 1. The minimum atomic E-state index is -3.52. The van der Waals surface area contributed by atoms with Crippen LogP contribution in [0.1, 0.15) is 26.2 Å². The van der Waals surface area contributed by atoms with Gasteiger partial charge in [-0.2, -0.15) is 0 Å². The van der Waals surface area contributed by atoms with Gasteiger partial charge >= 0.3 is 0 Å². The number of hydrogen-bond donors (Lipinski definition) is 2. The second-order valence-electron chi connectivity index (χ2n) is 4.82. The molecule has 0 aliphatic heterocycles. The second-order valence-corrected chi connectivity index (χ2v) is 7.42. The molecular formula is C12H17BrN2O2S. The van der Waals surface area contributed by atoms with Crippen molar-refractivity contribution in [1.82, 2.24) is 4.72 Å². The highest BCUT2D eigenvalue weighted by molar-refractivity contribution is 9.10. The van der Waals surface area contributed by atoms with E-state index in [9.17, 15) is 8.42 Å². The lowest BCUT2D eigenvalue weighted by molar-refractivity contribution is 0.476. The molecule has 0 heterocycles. The summed E-state index contributed by atoms with van der Waals surface area (Å²) in [6.45, 7) is 2.07. The average Bonchev–Trinajstić information content (AvgIpc) is 2.63. The van der Waals surface area contributed by atoms with E-state index in [1.807, 2.05) is 0 Å². The lowest BCUT2D eigenvalue weighted by Gasteiger charge is -2.18. The molecule has 1 saturated carbocycles. The number of nitrogens with one attached hydrogen (secondary N) is 1. The summed E-state index contributed by atoms with van der Waals surface area (Å²) in [6.07, 6.45) is 3.05. The maximum absolute atomic E-state index is 12.3. The van der Waals surface area contributed by atoms with E-state index in [4.69, 9.17) is 5.73 Å². The largest absolute Gasteiger partial charge is 0.398 e. The lowest BCUT2D eigenvalue weighted by atomic mass is 10.1. The van der Waals surface area contributed by atoms with Crippen molar-refractivity contribution >= 4 is 31.6 Å². The van der Waals surface area contributed by atoms with E-state index in [2.05, 4.69) is 27.6 Å². The number of sulfonamides is 1. The Morgan fingerprint density at radius 1 is 1.39 bits per heavy atom. The Morgan fingerprint density at radius 2 is 2.11 bits per heavy atom. The van der Waals surface area contributed by atoms with Crippen LogP contribution in [0.4, 0.5) is 5.69 Å². The molecule has 1 fully saturated rings. The Hall–Kier alpha value is -0.590. The number of benzene rings is 1. The quantitative estimate of drug-likeness (QED) is 0.835. The molecule has 1 aliphatic carbocycles. The minimum absolute atomic E-state index is 0.0260. The molecule has 0 saturated heterocycles. The molecule has 1 aliphatic rings. The monoisotopic (exact) mass is 332 g/mol. The summed E-state index contributed by atoms with van der Waals surface area (Å²) < 4.78 is 28.0. The van der Waals surface area contributed by atoms with Gasteiger partial charge in [0.2, 0.25) is 10.0 Å². The van der Waals surface area contributed by atoms with Gasteiger partial charge in [-0.25, -0.2) is 13.1 Å². The first kappa shape index (κ1) is 13.8. The summed E-state index contributed by atoms with van der Waals surface area (Å²) >= 11 is 3.27. The van der Waals surface area contributed by atoms with Crippen LogP contribution in [-0.2, 0) is 10.0 Å². The molecule has 2 rings (SSSR count). The molecule has 2 unspecified atom stereocenters. The van der Waals surface area contributed by atoms with Gasteiger partial charge in [0.15, 0.2) is 0 Å². The van der Waals surface area contributed by atoms with Crippen molar-refractivity contribution in [2.24, 2.45) is 5.92 Å². The number of hydrogen-bond acceptors (Lipinski definition) is 3. The molecule has 2 atom stereocenters. The van der Waals surface area contributed by atoms with E-state index in [-0.39, 0.29) is 16.6 Å². The fourth-order valence-electron chi connectivity index (χ4n) is 2.35. The topological polar surface area (TPSA) is 72.2 Å². The van der Waals surface area contributed by atoms with Crippen LogP contribution in [-0.4, -0.2) is 14.5 Å². The SMILES string of the molecule is CC1CCCC1NS(=O)(=O)c1ccc(Br)cc1N. The maximum Gasteiger partial charge on any atom is 0.242 e. The summed E-state index contributed by atoms with van der Waals surface area (Å²) in [7, 11) is -3.52. The van der Waals surface area contributed by atoms with Crippen molar-refractivity contribution in [2.45, 2.75) is 37.1 Å². The predicted molar refractivity (Wildman–Crippen MR) is 75.7 cm³/mol. The van der Waals surface area contributed by atoms with Crippen LogP contribution >= 0.6 is 15.9 Å². The summed E-state index contributed by atoms with van der Waals surface area (Å²) in [6, 6.07) is 4.84. The fourth-order valence-corrected chi connectivity index (χ4v) is 4.22. The number of halogens is 1. The van der Waals surface area contributed by atoms with Crippen molar-refractivity contribution in [1.29, 1.82) is 0 Å². The molecule has 3 N–H and O–H groups in total. The highest BCUT2D eigenvalue weighted by atomic mass is 79.9. The third kappa shape index (κ3) is 2.87. The van der Waals surface area contributed by atoms with Gasteiger partial charge in [0.1, 0.15) is 4.90 Å². The highest BCUT2D eigenvalue weighted by Gasteiger charge is 2.29. The van der Waals surface area contributed by atoms with Crippen molar-refractivity contribution in [3.63, 3.8) is 0 Å². The van der Waals surface area contributed by atoms with Crippen molar-refractivity contribution < 1.29 is 8.42 Å². The smallest absolute Gasteiger partial charge is 0.242 e. The standard InChI is InChI=1S/C12H17BrN2O2S/c1-8-3-2-4-11(8)15-18(16,17)12-6-5-9(13)7-10(12)14/h5-8,11,15H,2-4,14H2,1H3. The molecule has 0 spiro atoms. The molecule has 1 aromatic carbocycles. The van der Waals surface area contributed by atoms with Gasteiger partial charge in [-0.1, -0.05) is 29.3 Å². The van der Waals surface area contributed by atoms with Crippen molar-refractivity contribution in [2.75, 3.05) is 5.73 Å². The fraction of sp³-hybridized carbons (Fsp3) is 0.500. The Morgan fingerprint density at radius 3 is 2.67 bits per heavy atom. The number of nitrogen functional groups attached to an aromatic ring is 1. The van der Waals surface area contributed by atoms with Crippen LogP contribution in [0.2, 0.25) is 0 Å². The van der Waals surface area contributed by atoms with E-state index in [0.717, 1.165) is 23.7 Å². The zero-order chi connectivity index (χ0) is 13.3. The zero-order valence-electron chi connectivity index (χ0n) is 10.2. The molecule has 6 heteroatoms. The van der Waals surface area contributed by atoms with E-state index >= 15 is 0 Å². The van der Waals surface area contributed by atoms with Crippen LogP contribution < -0.4 is 10.5 Å². The summed E-state index contributed by atoms with van der Waals surface area (Å²) in [5.74, 6) is 0.386. The molecule has 0 bridgehead atoms. The predicted octanol–water partition coefficient (Wildman–Crippen LogP) is 2.50. The van der Waals surface area contributed by atoms with Crippen molar-refractivity contribution in [3.8, 4) is 0 Å². The molecule has 100 valence electrons. The van der Waals surface area contributed by atoms with Gasteiger partial charge in [0.05, 0.1) is 5.69 Å². The van der Waals surface area contributed by atoms with Gasteiger partial charge in [-0.15, -0.1) is 0 Å². The first-order valence-electron chi connectivity index (χ1n) is 5.97. The third-order valence-corrected chi connectivity index (χ3v) is 5.49. The Bertz CT molecular complexity index is 545. The van der Waals surface area contributed by atoms with E-state index in [0.29, 0.717) is 5.92 Å². The Labute approximate surface area is 116 Å². The molecule has 0 amide bonds. The second kappa shape index (κ2) is 5.19. The summed E-state index contributed by atoms with van der Waals surface area (Å²) in [5.41, 5.74) is 6.03. The highest BCUT2D eigenvalue weighted by Crippen LogP contribution is 2.28. The minimum Gasteiger partial charge on any atom is -0.398 e. The van der Waals surface area contributed by atoms with E-state index < -0.39 is 10.0 Å². The molecular weight excluding hydrogens is 316 g/mol. The van der Waals surface area contributed by atoms with Gasteiger partial charge in [-0.3, -0.25) is 0 Å². The lowest BCUT2D eigenvalue weighted by Crippen LogP contribution is -2.36. The zero-order valence-corrected chi connectivity index (χ0v) is 12.6. The van der Waals surface area contributed by atoms with Crippen LogP contribution in [0, 0.1) is 5.92 Å². The van der Waals surface area contributed by atoms with Gasteiger partial charge in [0, 0.05) is 10.5 Å². The number of rotatable bonds is 3. The number of nitrogens with two attached hydrogens (primary N) is 1. The van der Waals surface area contributed by atoms with Gasteiger partial charge < -0.3 is 5.73 Å². The van der Waals surface area contributed by atoms with Gasteiger partial charge in [0.25, 0.3) is 0 Å². The summed E-state index contributed by atoms with van der Waals surface area (Å²) in [4.78, 5) is 0.157. The van der Waals surface area contributed by atoms with Crippen LogP contribution in [0.3, 0.4) is 0 Å². The van der Waals surface area contributed by atoms with E-state index in [1.165, 1.54) is 6.07 Å². The molecule has 0 radical (unpaired) electrons. The molecule has 4 nitrogen and oxygen atoms in total. The van der Waals surface area contributed by atoms with Gasteiger partial charge in [-0.05, 0) is 37.0 Å².